The molecule has 1 fully saturated rings. The molecule has 0 unspecified atom stereocenters. The van der Waals surface area contributed by atoms with Crippen molar-refractivity contribution >= 4 is 11.8 Å². The first-order chi connectivity index (χ1) is 13.5. The van der Waals surface area contributed by atoms with Gasteiger partial charge in [0.1, 0.15) is 11.5 Å². The van der Waals surface area contributed by atoms with Gasteiger partial charge in [-0.15, -0.1) is 0 Å². The Balaban J connectivity index is 1.61. The summed E-state index contributed by atoms with van der Waals surface area (Å²) in [5, 5.41) is 5.69. The predicted molar refractivity (Wildman–Crippen MR) is 99.8 cm³/mol. The molecule has 1 aliphatic heterocycles. The molecule has 0 aliphatic carbocycles. The summed E-state index contributed by atoms with van der Waals surface area (Å²) in [6.45, 7) is 1.83. The highest BCUT2D eigenvalue weighted by molar-refractivity contribution is 5.91. The summed E-state index contributed by atoms with van der Waals surface area (Å²) >= 11 is 0. The molecule has 0 radical (unpaired) electrons. The van der Waals surface area contributed by atoms with Crippen molar-refractivity contribution in [3.05, 3.63) is 59.9 Å². The zero-order valence-corrected chi connectivity index (χ0v) is 15.6. The number of nitrogens with one attached hydrogen (secondary N) is 2. The van der Waals surface area contributed by atoms with Crippen LogP contribution in [0, 0.1) is 5.82 Å². The highest BCUT2D eigenvalue weighted by Gasteiger charge is 2.32. The minimum Gasteiger partial charge on any atom is -0.370 e. The highest BCUT2D eigenvalue weighted by atomic mass is 19.1. The molecule has 2 amide bonds. The molecule has 2 N–H and O–H groups in total. The first-order valence-corrected chi connectivity index (χ1v) is 9.24. The normalized spacial score (nSPS) is 21.7. The van der Waals surface area contributed by atoms with Gasteiger partial charge in [-0.3, -0.25) is 14.6 Å². The summed E-state index contributed by atoms with van der Waals surface area (Å²) in [4.78, 5) is 31.4. The van der Waals surface area contributed by atoms with Crippen LogP contribution < -0.4 is 10.6 Å². The van der Waals surface area contributed by atoms with E-state index in [-0.39, 0.29) is 35.5 Å². The van der Waals surface area contributed by atoms with Crippen molar-refractivity contribution in [2.45, 2.75) is 44.4 Å². The van der Waals surface area contributed by atoms with Gasteiger partial charge >= 0.3 is 0 Å². The van der Waals surface area contributed by atoms with Crippen LogP contribution in [-0.2, 0) is 9.53 Å². The van der Waals surface area contributed by atoms with Gasteiger partial charge in [-0.25, -0.2) is 9.37 Å². The van der Waals surface area contributed by atoms with Crippen LogP contribution in [0.5, 0.6) is 0 Å². The Morgan fingerprint density at radius 2 is 2.07 bits per heavy atom. The molecule has 0 bridgehead atoms. The van der Waals surface area contributed by atoms with Gasteiger partial charge in [0.2, 0.25) is 5.91 Å². The van der Waals surface area contributed by atoms with Crippen molar-refractivity contribution in [2.75, 3.05) is 6.54 Å². The molecule has 1 saturated heterocycles. The van der Waals surface area contributed by atoms with Crippen molar-refractivity contribution in [1.29, 1.82) is 0 Å². The molecule has 1 aliphatic rings. The number of hydrogen-bond acceptors (Lipinski definition) is 5. The second-order valence-electron chi connectivity index (χ2n) is 6.77. The minimum absolute atomic E-state index is 0.114. The average Bonchev–Trinajstić information content (AvgIpc) is 2.68. The van der Waals surface area contributed by atoms with E-state index >= 15 is 0 Å². The number of ether oxygens (including phenoxy) is 1. The molecular weight excluding hydrogens is 363 g/mol. The summed E-state index contributed by atoms with van der Waals surface area (Å²) in [7, 11) is 0. The molecule has 3 rings (SSSR count). The monoisotopic (exact) mass is 386 g/mol. The smallest absolute Gasteiger partial charge is 0.271 e. The molecule has 0 spiro atoms. The van der Waals surface area contributed by atoms with E-state index in [1.165, 1.54) is 31.6 Å². The van der Waals surface area contributed by atoms with Crippen molar-refractivity contribution in [1.82, 2.24) is 20.6 Å². The van der Waals surface area contributed by atoms with Crippen LogP contribution in [0.4, 0.5) is 4.39 Å². The molecule has 1 aromatic heterocycles. The van der Waals surface area contributed by atoms with Gasteiger partial charge in [-0.05, 0) is 25.3 Å². The van der Waals surface area contributed by atoms with Crippen LogP contribution in [0.1, 0.15) is 48.3 Å². The topological polar surface area (TPSA) is 93.2 Å². The predicted octanol–water partition coefficient (Wildman–Crippen LogP) is 2.16. The number of carbonyl (C=O) groups excluding carboxylic acids is 2. The highest BCUT2D eigenvalue weighted by Crippen LogP contribution is 2.33. The molecule has 8 heteroatoms. The molecule has 0 saturated carbocycles. The lowest BCUT2D eigenvalue weighted by Gasteiger charge is -2.36. The Bertz CT molecular complexity index is 818. The van der Waals surface area contributed by atoms with E-state index in [0.29, 0.717) is 31.4 Å². The molecule has 1 aromatic carbocycles. The molecular formula is C20H23FN4O3. The molecule has 3 atom stereocenters. The third-order valence-electron chi connectivity index (χ3n) is 4.61. The van der Waals surface area contributed by atoms with E-state index in [0.717, 1.165) is 0 Å². The number of halogens is 1. The van der Waals surface area contributed by atoms with E-state index in [9.17, 15) is 14.0 Å². The summed E-state index contributed by atoms with van der Waals surface area (Å²) in [6, 6.07) is 6.38. The van der Waals surface area contributed by atoms with Gasteiger partial charge in [0, 0.05) is 37.5 Å². The average molecular weight is 386 g/mol. The van der Waals surface area contributed by atoms with Gasteiger partial charge in [0.25, 0.3) is 5.91 Å². The summed E-state index contributed by atoms with van der Waals surface area (Å²) in [5.41, 5.74) is 0.721. The molecule has 2 aromatic rings. The fourth-order valence-corrected chi connectivity index (χ4v) is 3.40. The minimum atomic E-state index is -0.451. The van der Waals surface area contributed by atoms with Gasteiger partial charge in [0.05, 0.1) is 18.4 Å². The van der Waals surface area contributed by atoms with Gasteiger partial charge < -0.3 is 15.4 Å². The van der Waals surface area contributed by atoms with Crippen LogP contribution in [0.25, 0.3) is 0 Å². The largest absolute Gasteiger partial charge is 0.370 e. The summed E-state index contributed by atoms with van der Waals surface area (Å²) in [5.74, 6) is -0.771. The van der Waals surface area contributed by atoms with Crippen molar-refractivity contribution in [2.24, 2.45) is 0 Å². The quantitative estimate of drug-likeness (QED) is 0.794. The van der Waals surface area contributed by atoms with Gasteiger partial charge in [-0.2, -0.15) is 0 Å². The maximum Gasteiger partial charge on any atom is 0.271 e. The lowest BCUT2D eigenvalue weighted by Crippen LogP contribution is -2.43. The van der Waals surface area contributed by atoms with E-state index in [1.807, 2.05) is 0 Å². The number of carbonyl (C=O) groups is 2. The molecule has 148 valence electrons. The Morgan fingerprint density at radius 3 is 2.79 bits per heavy atom. The number of amides is 2. The van der Waals surface area contributed by atoms with Crippen LogP contribution in [0.15, 0.2) is 42.9 Å². The Kier molecular flexibility index (Phi) is 6.65. The number of hydrogen-bond donors (Lipinski definition) is 2. The third kappa shape index (κ3) is 5.32. The fourth-order valence-electron chi connectivity index (χ4n) is 3.40. The van der Waals surface area contributed by atoms with Crippen LogP contribution in [-0.4, -0.2) is 40.5 Å². The maximum atomic E-state index is 14.2. The first-order valence-electron chi connectivity index (χ1n) is 9.24. The number of benzene rings is 1. The second kappa shape index (κ2) is 9.36. The fraction of sp³-hybridized carbons (Fsp3) is 0.400. The molecule has 7 nitrogen and oxygen atoms in total. The van der Waals surface area contributed by atoms with Gasteiger partial charge in [0.15, 0.2) is 0 Å². The van der Waals surface area contributed by atoms with E-state index in [2.05, 4.69) is 20.6 Å². The maximum absolute atomic E-state index is 14.2. The van der Waals surface area contributed by atoms with E-state index in [4.69, 9.17) is 4.74 Å². The van der Waals surface area contributed by atoms with Crippen molar-refractivity contribution in [3.8, 4) is 0 Å². The van der Waals surface area contributed by atoms with Crippen LogP contribution in [0.3, 0.4) is 0 Å². The number of nitrogens with zero attached hydrogens (tertiary/aromatic N) is 2. The lowest BCUT2D eigenvalue weighted by molar-refractivity contribution is -0.122. The van der Waals surface area contributed by atoms with Crippen LogP contribution >= 0.6 is 0 Å². The zero-order valence-electron chi connectivity index (χ0n) is 15.6. The molecule has 2 heterocycles. The van der Waals surface area contributed by atoms with Crippen molar-refractivity contribution in [3.63, 3.8) is 0 Å². The Labute approximate surface area is 162 Å². The SMILES string of the molecule is CC(=O)N[C@H]1C[C@@H](CCNC(=O)c2cnccn2)O[C@@H](c2ccccc2F)C1. The third-order valence-corrected chi connectivity index (χ3v) is 4.61. The zero-order chi connectivity index (χ0) is 19.9. The van der Waals surface area contributed by atoms with Crippen molar-refractivity contribution < 1.29 is 18.7 Å². The first kappa shape index (κ1) is 19.9. The van der Waals surface area contributed by atoms with E-state index in [1.54, 1.807) is 18.2 Å². The standard InChI is InChI=1S/C20H23FN4O3/c1-13(26)25-14-10-15(6-7-24-20(27)18-12-22-8-9-23-18)28-19(11-14)16-4-2-3-5-17(16)21/h2-5,8-9,12,14-15,19H,6-7,10-11H2,1H3,(H,24,27)(H,25,26)/t14-,15+,19+/m0/s1. The Morgan fingerprint density at radius 1 is 1.25 bits per heavy atom. The molecule has 28 heavy (non-hydrogen) atoms. The van der Waals surface area contributed by atoms with E-state index < -0.39 is 6.10 Å². The lowest BCUT2D eigenvalue weighted by atomic mass is 9.92. The van der Waals surface area contributed by atoms with Crippen LogP contribution in [0.2, 0.25) is 0 Å². The Hall–Kier alpha value is -2.87. The second-order valence-corrected chi connectivity index (χ2v) is 6.77. The number of rotatable bonds is 6. The summed E-state index contributed by atoms with van der Waals surface area (Å²) < 4.78 is 20.3. The van der Waals surface area contributed by atoms with Gasteiger partial charge in [-0.1, -0.05) is 18.2 Å². The number of aromatic nitrogens is 2. The summed E-state index contributed by atoms with van der Waals surface area (Å²) in [6.07, 6.45) is 5.31.